The van der Waals surface area contributed by atoms with Crippen LogP contribution in [0.2, 0.25) is 5.02 Å². The molecule has 160 valence electrons. The van der Waals surface area contributed by atoms with Gasteiger partial charge in [-0.3, -0.25) is 4.98 Å². The van der Waals surface area contributed by atoms with Gasteiger partial charge in [-0.25, -0.2) is 13.9 Å². The van der Waals surface area contributed by atoms with E-state index in [0.29, 0.717) is 17.4 Å². The molecule has 32 heavy (non-hydrogen) atoms. The van der Waals surface area contributed by atoms with Crippen LogP contribution < -0.4 is 10.7 Å². The van der Waals surface area contributed by atoms with Gasteiger partial charge in [0.2, 0.25) is 0 Å². The molecule has 0 unspecified atom stereocenters. The van der Waals surface area contributed by atoms with E-state index in [1.165, 1.54) is 16.8 Å². The van der Waals surface area contributed by atoms with Gasteiger partial charge in [0.05, 0.1) is 13.1 Å². The molecule has 0 saturated heterocycles. The van der Waals surface area contributed by atoms with Gasteiger partial charge >= 0.3 is 5.69 Å². The maximum absolute atomic E-state index is 13.3. The van der Waals surface area contributed by atoms with Crippen LogP contribution in [0.15, 0.2) is 77.9 Å². The van der Waals surface area contributed by atoms with Gasteiger partial charge in [-0.05, 0) is 58.7 Å². The van der Waals surface area contributed by atoms with Gasteiger partial charge in [0.1, 0.15) is 5.82 Å². The lowest BCUT2D eigenvalue weighted by atomic mass is 9.93. The van der Waals surface area contributed by atoms with Crippen LogP contribution in [0.3, 0.4) is 0 Å². The van der Waals surface area contributed by atoms with E-state index < -0.39 is 0 Å². The molecule has 5 rings (SSSR count). The van der Waals surface area contributed by atoms with Crippen molar-refractivity contribution >= 4 is 22.7 Å². The molecule has 1 aliphatic rings. The molecule has 8 heteroatoms. The molecule has 3 heterocycles. The van der Waals surface area contributed by atoms with Crippen LogP contribution in [0, 0.1) is 5.82 Å². The third-order valence-electron chi connectivity index (χ3n) is 5.48. The first-order valence-electron chi connectivity index (χ1n) is 10.1. The van der Waals surface area contributed by atoms with E-state index in [1.807, 2.05) is 48.5 Å². The molecule has 0 bridgehead atoms. The fraction of sp³-hybridized carbons (Fsp3) is 0.125. The molecule has 0 saturated carbocycles. The van der Waals surface area contributed by atoms with Crippen molar-refractivity contribution in [3.05, 3.63) is 117 Å². The molecule has 0 atom stereocenters. The summed E-state index contributed by atoms with van der Waals surface area (Å²) >= 11 is 6.11. The lowest BCUT2D eigenvalue weighted by Crippen LogP contribution is -2.44. The van der Waals surface area contributed by atoms with Crippen LogP contribution in [0.25, 0.3) is 11.1 Å². The molecule has 0 spiro atoms. The van der Waals surface area contributed by atoms with Crippen LogP contribution in [0.5, 0.6) is 0 Å². The van der Waals surface area contributed by atoms with E-state index in [4.69, 9.17) is 16.7 Å². The van der Waals surface area contributed by atoms with Crippen molar-refractivity contribution in [1.29, 1.82) is 0 Å². The fourth-order valence-electron chi connectivity index (χ4n) is 3.95. The molecule has 1 aliphatic heterocycles. The van der Waals surface area contributed by atoms with E-state index in [-0.39, 0.29) is 18.1 Å². The summed E-state index contributed by atoms with van der Waals surface area (Å²) in [5.74, 6) is 0.225. The summed E-state index contributed by atoms with van der Waals surface area (Å²) in [5.41, 5.74) is 4.34. The summed E-state index contributed by atoms with van der Waals surface area (Å²) < 4.78 is 16.3. The number of hydrogen-bond donors (Lipinski definition) is 0. The Balaban J connectivity index is 1.70. The summed E-state index contributed by atoms with van der Waals surface area (Å²) in [6.45, 7) is 0.751. The smallest absolute Gasteiger partial charge is 0.305 e. The summed E-state index contributed by atoms with van der Waals surface area (Å²) in [7, 11) is 1.86. The number of fused-ring (bicyclic) bond motifs is 1. The summed E-state index contributed by atoms with van der Waals surface area (Å²) in [4.78, 5) is 17.4. The van der Waals surface area contributed by atoms with Gasteiger partial charge in [-0.15, -0.1) is 5.10 Å². The zero-order valence-electron chi connectivity index (χ0n) is 17.2. The predicted molar refractivity (Wildman–Crippen MR) is 123 cm³/mol. The Morgan fingerprint density at radius 1 is 0.969 bits per heavy atom. The van der Waals surface area contributed by atoms with Gasteiger partial charge in [-0.2, -0.15) is 4.68 Å². The molecular weight excluding hydrogens is 429 g/mol. The van der Waals surface area contributed by atoms with Crippen molar-refractivity contribution in [2.45, 2.75) is 6.54 Å². The van der Waals surface area contributed by atoms with Gasteiger partial charge in [0.15, 0.2) is 5.82 Å². The Kier molecular flexibility index (Phi) is 5.11. The Hall–Kier alpha value is -3.71. The van der Waals surface area contributed by atoms with Crippen molar-refractivity contribution in [1.82, 2.24) is 19.4 Å². The van der Waals surface area contributed by atoms with Gasteiger partial charge in [-0.1, -0.05) is 35.9 Å². The largest absolute Gasteiger partial charge is 0.365 e. The van der Waals surface area contributed by atoms with Crippen molar-refractivity contribution in [2.24, 2.45) is 0 Å². The van der Waals surface area contributed by atoms with Crippen molar-refractivity contribution in [3.63, 3.8) is 0 Å². The van der Waals surface area contributed by atoms with Crippen molar-refractivity contribution in [3.8, 4) is 0 Å². The second-order valence-electron chi connectivity index (χ2n) is 7.61. The molecule has 0 fully saturated rings. The minimum absolute atomic E-state index is 0.243. The number of aromatic nitrogens is 4. The highest BCUT2D eigenvalue weighted by atomic mass is 35.5. The van der Waals surface area contributed by atoms with Gasteiger partial charge < -0.3 is 5.01 Å². The minimum atomic E-state index is -0.319. The number of rotatable bonds is 4. The second-order valence-corrected chi connectivity index (χ2v) is 8.05. The fourth-order valence-corrected chi connectivity index (χ4v) is 4.08. The number of likely N-dealkylation sites (N-methyl/N-ethyl adjacent to an activating group) is 1. The van der Waals surface area contributed by atoms with Crippen LogP contribution >= 0.6 is 11.6 Å². The van der Waals surface area contributed by atoms with Crippen LogP contribution in [0.4, 0.5) is 4.39 Å². The molecule has 0 N–H and O–H groups in total. The Morgan fingerprint density at radius 3 is 2.34 bits per heavy atom. The maximum atomic E-state index is 13.3. The average Bonchev–Trinajstić information content (AvgIpc) is 3.12. The molecule has 0 aliphatic carbocycles. The monoisotopic (exact) mass is 447 g/mol. The zero-order valence-corrected chi connectivity index (χ0v) is 18.0. The zero-order chi connectivity index (χ0) is 22.2. The Labute approximate surface area is 188 Å². The Morgan fingerprint density at radius 2 is 1.66 bits per heavy atom. The summed E-state index contributed by atoms with van der Waals surface area (Å²) in [6.07, 6.45) is 3.44. The van der Waals surface area contributed by atoms with E-state index >= 15 is 0 Å². The van der Waals surface area contributed by atoms with Crippen LogP contribution in [-0.2, 0) is 6.54 Å². The molecule has 0 radical (unpaired) electrons. The number of nitrogens with zero attached hydrogens (tertiary/aromatic N) is 5. The van der Waals surface area contributed by atoms with E-state index in [1.54, 1.807) is 29.2 Å². The normalized spacial score (nSPS) is 13.4. The molecule has 6 nitrogen and oxygen atoms in total. The number of hydrogen-bond acceptors (Lipinski definition) is 4. The molecular formula is C24H19ClFN5O. The summed E-state index contributed by atoms with van der Waals surface area (Å²) in [5, 5.41) is 7.20. The highest BCUT2D eigenvalue weighted by Gasteiger charge is 2.29. The molecule has 0 amide bonds. The first kappa shape index (κ1) is 20.2. The minimum Gasteiger partial charge on any atom is -0.305 e. The first-order chi connectivity index (χ1) is 15.5. The lowest BCUT2D eigenvalue weighted by Gasteiger charge is -2.30. The number of benzene rings is 2. The molecule has 2 aromatic carbocycles. The third-order valence-corrected chi connectivity index (χ3v) is 5.73. The van der Waals surface area contributed by atoms with E-state index in [9.17, 15) is 9.18 Å². The van der Waals surface area contributed by atoms with E-state index in [0.717, 1.165) is 27.8 Å². The maximum Gasteiger partial charge on any atom is 0.365 e. The molecule has 2 aromatic heterocycles. The SMILES string of the molecule is CN1CC(c2ccc(Cl)cc2)=C(c2ccncc2)c2nn(Cc3ccc(F)cc3)c(=O)n21. The van der Waals surface area contributed by atoms with Crippen molar-refractivity contribution in [2.75, 3.05) is 18.6 Å². The number of pyridine rings is 1. The summed E-state index contributed by atoms with van der Waals surface area (Å²) in [6, 6.07) is 17.5. The quantitative estimate of drug-likeness (QED) is 0.477. The van der Waals surface area contributed by atoms with Gasteiger partial charge in [0.25, 0.3) is 0 Å². The number of halogens is 2. The average molecular weight is 448 g/mol. The standard InChI is InChI=1S/C24H19ClFN5O/c1-29-15-21(17-4-6-19(25)7-5-17)22(18-10-12-27-13-11-18)23-28-30(24(32)31(23)29)14-16-2-8-20(26)9-3-16/h2-13H,14-15H2,1H3. The van der Waals surface area contributed by atoms with Crippen LogP contribution in [0.1, 0.15) is 22.5 Å². The highest BCUT2D eigenvalue weighted by molar-refractivity contribution is 6.30. The topological polar surface area (TPSA) is 56.0 Å². The first-order valence-corrected chi connectivity index (χ1v) is 10.4. The second kappa shape index (κ2) is 8.09. The third kappa shape index (κ3) is 3.61. The van der Waals surface area contributed by atoms with Gasteiger partial charge in [0, 0.05) is 30.0 Å². The van der Waals surface area contributed by atoms with Crippen molar-refractivity contribution < 1.29 is 4.39 Å². The Bertz CT molecular complexity index is 1360. The lowest BCUT2D eigenvalue weighted by molar-refractivity contribution is 0.608. The van der Waals surface area contributed by atoms with Crippen LogP contribution in [-0.4, -0.2) is 33.0 Å². The van der Waals surface area contributed by atoms with E-state index in [2.05, 4.69) is 4.98 Å². The predicted octanol–water partition coefficient (Wildman–Crippen LogP) is 3.82. The highest BCUT2D eigenvalue weighted by Crippen LogP contribution is 2.34. The molecule has 4 aromatic rings.